The number of alkyl halides is 3. The van der Waals surface area contributed by atoms with Gasteiger partial charge in [0.05, 0.1) is 23.7 Å². The van der Waals surface area contributed by atoms with Crippen molar-refractivity contribution in [2.75, 3.05) is 31.6 Å². The van der Waals surface area contributed by atoms with Gasteiger partial charge in [0.15, 0.2) is 4.34 Å². The number of anilines is 1. The first kappa shape index (κ1) is 25.6. The minimum absolute atomic E-state index is 0.0915. The first-order valence-corrected chi connectivity index (χ1v) is 13.5. The average molecular weight is 545 g/mol. The van der Waals surface area contributed by atoms with E-state index in [0.29, 0.717) is 28.9 Å². The normalized spacial score (nSPS) is 15.2. The summed E-state index contributed by atoms with van der Waals surface area (Å²) in [6.45, 7) is 1.24. The molecule has 0 unspecified atom stereocenters. The molecule has 1 fully saturated rings. The number of morpholine rings is 1. The molecule has 0 bridgehead atoms. The molecule has 1 aliphatic rings. The third kappa shape index (κ3) is 6.38. The number of ether oxygens (including phenoxy) is 1. The zero-order chi connectivity index (χ0) is 25.1. The predicted molar refractivity (Wildman–Crippen MR) is 125 cm³/mol. The molecule has 4 rings (SSSR count). The molecule has 0 radical (unpaired) electrons. The summed E-state index contributed by atoms with van der Waals surface area (Å²) in [6, 6.07) is 10.5. The van der Waals surface area contributed by atoms with Gasteiger partial charge >= 0.3 is 6.18 Å². The molecular weight excluding hydrogens is 525 g/mol. The van der Waals surface area contributed by atoms with Crippen LogP contribution in [0.2, 0.25) is 0 Å². The summed E-state index contributed by atoms with van der Waals surface area (Å²) in [7, 11) is -3.66. The van der Waals surface area contributed by atoms with Gasteiger partial charge in [-0.3, -0.25) is 10.1 Å². The number of hydrogen-bond donors (Lipinski definition) is 1. The second kappa shape index (κ2) is 10.6. The van der Waals surface area contributed by atoms with Crippen LogP contribution in [0.5, 0.6) is 0 Å². The third-order valence-electron chi connectivity index (χ3n) is 4.99. The van der Waals surface area contributed by atoms with Crippen LogP contribution >= 0.6 is 23.1 Å². The van der Waals surface area contributed by atoms with E-state index in [-0.39, 0.29) is 28.7 Å². The third-order valence-corrected chi connectivity index (χ3v) is 8.95. The molecule has 0 spiro atoms. The molecule has 8 nitrogen and oxygen atoms in total. The van der Waals surface area contributed by atoms with Gasteiger partial charge in [-0.25, -0.2) is 8.42 Å². The number of nitrogens with one attached hydrogen (secondary N) is 1. The maximum absolute atomic E-state index is 12.7. The lowest BCUT2D eigenvalue weighted by atomic mass is 10.1. The molecule has 186 valence electrons. The summed E-state index contributed by atoms with van der Waals surface area (Å²) in [6.07, 6.45) is -4.38. The van der Waals surface area contributed by atoms with E-state index in [1.165, 1.54) is 52.5 Å². The minimum atomic E-state index is -4.38. The van der Waals surface area contributed by atoms with Gasteiger partial charge < -0.3 is 4.74 Å². The Balaban J connectivity index is 1.33. The summed E-state index contributed by atoms with van der Waals surface area (Å²) in [5.74, 6) is -0.0875. The van der Waals surface area contributed by atoms with E-state index in [4.69, 9.17) is 4.74 Å². The fourth-order valence-corrected chi connectivity index (χ4v) is 6.25. The van der Waals surface area contributed by atoms with Crippen molar-refractivity contribution in [1.82, 2.24) is 14.5 Å². The maximum atomic E-state index is 12.7. The first-order chi connectivity index (χ1) is 16.6. The second-order valence-electron chi connectivity index (χ2n) is 7.35. The zero-order valence-electron chi connectivity index (χ0n) is 18.0. The van der Waals surface area contributed by atoms with Gasteiger partial charge in [-0.1, -0.05) is 35.2 Å². The lowest BCUT2D eigenvalue weighted by Crippen LogP contribution is -2.40. The van der Waals surface area contributed by atoms with Crippen LogP contribution in [0, 0.1) is 0 Å². The van der Waals surface area contributed by atoms with Crippen molar-refractivity contribution < 1.29 is 31.1 Å². The van der Waals surface area contributed by atoms with Crippen molar-refractivity contribution in [2.24, 2.45) is 0 Å². The van der Waals surface area contributed by atoms with Crippen LogP contribution in [0.25, 0.3) is 0 Å². The molecule has 0 saturated carbocycles. The Labute approximate surface area is 207 Å². The number of nitrogens with zero attached hydrogens (tertiary/aromatic N) is 3. The number of benzene rings is 2. The van der Waals surface area contributed by atoms with Gasteiger partial charge in [-0.15, -0.1) is 10.2 Å². The SMILES string of the molecule is O=C(Nc1nnc(SCc2ccc(C(F)(F)F)cc2)s1)c1ccc(S(=O)(=O)N2CCOCC2)cc1. The number of carbonyl (C=O) groups is 1. The number of rotatable bonds is 7. The Hall–Kier alpha value is -2.52. The van der Waals surface area contributed by atoms with Crippen LogP contribution in [0.15, 0.2) is 57.8 Å². The largest absolute Gasteiger partial charge is 0.416 e. The van der Waals surface area contributed by atoms with Crippen LogP contribution in [-0.2, 0) is 26.7 Å². The highest BCUT2D eigenvalue weighted by molar-refractivity contribution is 8.00. The molecule has 0 atom stereocenters. The van der Waals surface area contributed by atoms with Crippen LogP contribution in [-0.4, -0.2) is 55.1 Å². The van der Waals surface area contributed by atoms with Crippen molar-refractivity contribution in [3.8, 4) is 0 Å². The Morgan fingerprint density at radius 1 is 1.06 bits per heavy atom. The number of aromatic nitrogens is 2. The molecule has 0 aliphatic carbocycles. The van der Waals surface area contributed by atoms with Gasteiger partial charge in [-0.2, -0.15) is 17.5 Å². The molecule has 2 aromatic carbocycles. The van der Waals surface area contributed by atoms with Crippen LogP contribution in [0.3, 0.4) is 0 Å². The fourth-order valence-electron chi connectivity index (χ4n) is 3.14. The standard InChI is InChI=1S/C21H19F3N4O4S3/c22-21(23,24)16-5-1-14(2-6-16)13-33-20-27-26-19(34-20)25-18(29)15-3-7-17(8-4-15)35(30,31)28-9-11-32-12-10-28/h1-8H,9-13H2,(H,25,26,29). The lowest BCUT2D eigenvalue weighted by Gasteiger charge is -2.26. The Bertz CT molecular complexity index is 1270. The van der Waals surface area contributed by atoms with E-state index < -0.39 is 27.7 Å². The molecule has 1 saturated heterocycles. The second-order valence-corrected chi connectivity index (χ2v) is 11.5. The van der Waals surface area contributed by atoms with Gasteiger partial charge in [-0.05, 0) is 42.0 Å². The van der Waals surface area contributed by atoms with Crippen molar-refractivity contribution in [2.45, 2.75) is 21.2 Å². The molecule has 2 heterocycles. The Morgan fingerprint density at radius 3 is 2.34 bits per heavy atom. The number of amides is 1. The van der Waals surface area contributed by atoms with Gasteiger partial charge in [0.25, 0.3) is 5.91 Å². The Morgan fingerprint density at radius 2 is 1.71 bits per heavy atom. The Kier molecular flexibility index (Phi) is 7.76. The summed E-state index contributed by atoms with van der Waals surface area (Å²) in [5, 5.41) is 10.7. The van der Waals surface area contributed by atoms with Crippen LogP contribution < -0.4 is 5.32 Å². The van der Waals surface area contributed by atoms with Crippen molar-refractivity contribution in [3.05, 3.63) is 65.2 Å². The molecular formula is C21H19F3N4O4S3. The van der Waals surface area contributed by atoms with E-state index in [9.17, 15) is 26.4 Å². The van der Waals surface area contributed by atoms with E-state index in [1.54, 1.807) is 0 Å². The molecule has 1 aromatic heterocycles. The number of sulfonamides is 1. The molecule has 35 heavy (non-hydrogen) atoms. The lowest BCUT2D eigenvalue weighted by molar-refractivity contribution is -0.137. The summed E-state index contributed by atoms with van der Waals surface area (Å²) in [5.41, 5.74) is 0.231. The van der Waals surface area contributed by atoms with Crippen molar-refractivity contribution in [3.63, 3.8) is 0 Å². The minimum Gasteiger partial charge on any atom is -0.379 e. The number of thioether (sulfide) groups is 1. The summed E-state index contributed by atoms with van der Waals surface area (Å²) in [4.78, 5) is 12.6. The monoisotopic (exact) mass is 544 g/mol. The highest BCUT2D eigenvalue weighted by Gasteiger charge is 2.30. The zero-order valence-corrected chi connectivity index (χ0v) is 20.4. The van der Waals surface area contributed by atoms with Crippen LogP contribution in [0.1, 0.15) is 21.5 Å². The van der Waals surface area contributed by atoms with Gasteiger partial charge in [0, 0.05) is 24.4 Å². The molecule has 3 aromatic rings. The van der Waals surface area contributed by atoms with Gasteiger partial charge in [0.1, 0.15) is 0 Å². The number of halogens is 3. The number of hydrogen-bond acceptors (Lipinski definition) is 8. The maximum Gasteiger partial charge on any atom is 0.416 e. The first-order valence-electron chi connectivity index (χ1n) is 10.2. The fraction of sp³-hybridized carbons (Fsp3) is 0.286. The average Bonchev–Trinajstić information content (AvgIpc) is 3.30. The molecule has 14 heteroatoms. The topological polar surface area (TPSA) is 101 Å². The molecule has 1 N–H and O–H groups in total. The summed E-state index contributed by atoms with van der Waals surface area (Å²) < 4.78 is 70.4. The quantitative estimate of drug-likeness (QED) is 0.353. The summed E-state index contributed by atoms with van der Waals surface area (Å²) >= 11 is 2.40. The van der Waals surface area contributed by atoms with Gasteiger partial charge in [0.2, 0.25) is 15.2 Å². The number of carbonyl (C=O) groups excluding carboxylic acids is 1. The highest BCUT2D eigenvalue weighted by atomic mass is 32.2. The predicted octanol–water partition coefficient (Wildman–Crippen LogP) is 4.12. The highest BCUT2D eigenvalue weighted by Crippen LogP contribution is 2.32. The van der Waals surface area contributed by atoms with Crippen molar-refractivity contribution >= 4 is 44.2 Å². The van der Waals surface area contributed by atoms with E-state index in [2.05, 4.69) is 15.5 Å². The van der Waals surface area contributed by atoms with E-state index in [1.807, 2.05) is 0 Å². The van der Waals surface area contributed by atoms with Crippen LogP contribution in [0.4, 0.5) is 18.3 Å². The van der Waals surface area contributed by atoms with E-state index in [0.717, 1.165) is 23.5 Å². The molecule has 1 aliphatic heterocycles. The smallest absolute Gasteiger partial charge is 0.379 e. The van der Waals surface area contributed by atoms with E-state index >= 15 is 0 Å². The van der Waals surface area contributed by atoms with Crippen molar-refractivity contribution in [1.29, 1.82) is 0 Å². The molecule has 1 amide bonds.